The van der Waals surface area contributed by atoms with Gasteiger partial charge in [0.05, 0.1) is 49.7 Å². The first-order chi connectivity index (χ1) is 41.6. The van der Waals surface area contributed by atoms with Crippen molar-refractivity contribution in [1.82, 2.24) is 0 Å². The van der Waals surface area contributed by atoms with Gasteiger partial charge in [-0.25, -0.2) is 19.2 Å². The van der Waals surface area contributed by atoms with Crippen molar-refractivity contribution in [1.29, 1.82) is 0 Å². The highest BCUT2D eigenvalue weighted by molar-refractivity contribution is 5.92. The summed E-state index contributed by atoms with van der Waals surface area (Å²) in [7, 11) is 0. The third-order valence-corrected chi connectivity index (χ3v) is 16.9. The molecule has 2 aliphatic carbocycles. The maximum absolute atomic E-state index is 12.8. The number of rotatable bonds is 37. The van der Waals surface area contributed by atoms with Gasteiger partial charge in [-0.2, -0.15) is 0 Å². The number of carbonyl (C=O) groups is 5. The molecule has 7 rings (SSSR count). The number of unbranched alkanes of at least 4 members (excludes halogenated alkanes) is 12. The molecule has 2 aliphatic rings. The van der Waals surface area contributed by atoms with Crippen LogP contribution in [0.15, 0.2) is 134 Å². The summed E-state index contributed by atoms with van der Waals surface area (Å²) in [6.07, 6.45) is 29.9. The summed E-state index contributed by atoms with van der Waals surface area (Å²) in [6.45, 7) is 7.90. The quantitative estimate of drug-likeness (QED) is 0.0122. The molecule has 2 saturated carbocycles. The Morgan fingerprint density at radius 3 is 1.33 bits per heavy atom. The molecule has 0 amide bonds. The second-order valence-corrected chi connectivity index (χ2v) is 23.2. The average molecular weight is 1160 g/mol. The molecule has 0 radical (unpaired) electrons. The van der Waals surface area contributed by atoms with E-state index in [9.17, 15) is 24.0 Å². The Kier molecular flexibility index (Phi) is 28.6. The number of hydrogen-bond donors (Lipinski definition) is 0. The Bertz CT molecular complexity index is 2750. The molecule has 0 unspecified atom stereocenters. The topological polar surface area (TPSA) is 150 Å². The molecule has 0 bridgehead atoms. The fourth-order valence-corrected chi connectivity index (χ4v) is 11.7. The van der Waals surface area contributed by atoms with Crippen LogP contribution in [0.1, 0.15) is 216 Å². The van der Waals surface area contributed by atoms with Crippen molar-refractivity contribution >= 4 is 29.8 Å². The highest BCUT2D eigenvalue weighted by Gasteiger charge is 2.31. The van der Waals surface area contributed by atoms with E-state index in [1.54, 1.807) is 72.8 Å². The Morgan fingerprint density at radius 2 is 0.824 bits per heavy atom. The molecule has 0 atom stereocenters. The van der Waals surface area contributed by atoms with E-state index < -0.39 is 17.9 Å². The fourth-order valence-electron chi connectivity index (χ4n) is 11.7. The molecule has 12 nitrogen and oxygen atoms in total. The van der Waals surface area contributed by atoms with E-state index in [1.165, 1.54) is 82.6 Å². The van der Waals surface area contributed by atoms with E-state index in [0.29, 0.717) is 97.9 Å². The van der Waals surface area contributed by atoms with Crippen LogP contribution in [0.3, 0.4) is 0 Å². The molecule has 0 heterocycles. The average Bonchev–Trinajstić information content (AvgIpc) is 3.73. The van der Waals surface area contributed by atoms with E-state index in [1.807, 2.05) is 24.3 Å². The molecular formula is C73H92O12. The largest absolute Gasteiger partial charge is 0.494 e. The Hall–Kier alpha value is -7.21. The van der Waals surface area contributed by atoms with Gasteiger partial charge >= 0.3 is 29.8 Å². The first-order valence-electron chi connectivity index (χ1n) is 32.0. The van der Waals surface area contributed by atoms with Crippen LogP contribution in [-0.4, -0.2) is 62.9 Å². The van der Waals surface area contributed by atoms with E-state index in [-0.39, 0.29) is 11.9 Å². The molecular weight excluding hydrogens is 1070 g/mol. The lowest BCUT2D eigenvalue weighted by Crippen LogP contribution is -2.25. The Labute approximate surface area is 505 Å². The Morgan fingerprint density at radius 1 is 0.412 bits per heavy atom. The lowest BCUT2D eigenvalue weighted by atomic mass is 9.68. The van der Waals surface area contributed by atoms with Gasteiger partial charge < -0.3 is 33.2 Å². The van der Waals surface area contributed by atoms with Crippen molar-refractivity contribution < 1.29 is 57.1 Å². The molecule has 0 saturated heterocycles. The first kappa shape index (κ1) is 65.3. The van der Waals surface area contributed by atoms with Gasteiger partial charge in [-0.3, -0.25) is 4.79 Å². The predicted molar refractivity (Wildman–Crippen MR) is 333 cm³/mol. The normalized spacial score (nSPS) is 16.6. The van der Waals surface area contributed by atoms with Crippen molar-refractivity contribution in [2.45, 2.75) is 180 Å². The summed E-state index contributed by atoms with van der Waals surface area (Å²) >= 11 is 0. The van der Waals surface area contributed by atoms with Gasteiger partial charge in [-0.1, -0.05) is 114 Å². The summed E-state index contributed by atoms with van der Waals surface area (Å²) in [5.74, 6) is 3.50. The van der Waals surface area contributed by atoms with Crippen LogP contribution in [-0.2, 0) is 23.8 Å². The number of carbonyl (C=O) groups excluding carboxylic acids is 5. The van der Waals surface area contributed by atoms with E-state index in [2.05, 4.69) is 37.8 Å². The SMILES string of the molecule is C=CC(=O)OCCCCCCOc1ccc(C(=O)Oc2ccc(OC(=O)c3ccc(OCCCCCCCCOC(=O)CCCCCOC(=O)c4ccc(-c5ccc(C6CCC(C7CCC(CCCCC)CC7)CC6)cc5)cc4)cc3)cc2)cc1. The standard InChI is InChI=1S/C73H92O12/c1-3-5-13-20-55-22-24-56(25-23-55)57-26-28-58(29-27-57)59-30-32-60(33-31-59)61-34-36-62(37-35-61)71(76)83-54-19-12-14-21-70(75)82-53-17-9-7-6-8-15-50-79-65-42-38-63(39-43-65)72(77)84-67-46-48-68(49-47-67)85-73(78)64-40-44-66(45-41-64)80-51-16-10-11-18-52-81-69(74)4-2/h4,30-49,55-58H,2-3,5-29,50-54H2,1H3. The van der Waals surface area contributed by atoms with E-state index in [4.69, 9.17) is 33.2 Å². The van der Waals surface area contributed by atoms with Crippen LogP contribution in [0, 0.1) is 17.8 Å². The number of ether oxygens (including phenoxy) is 7. The van der Waals surface area contributed by atoms with Crippen LogP contribution >= 0.6 is 0 Å². The summed E-state index contributed by atoms with van der Waals surface area (Å²) in [6, 6.07) is 36.6. The maximum atomic E-state index is 12.8. The van der Waals surface area contributed by atoms with Crippen LogP contribution < -0.4 is 18.9 Å². The van der Waals surface area contributed by atoms with Crippen LogP contribution in [0.4, 0.5) is 0 Å². The number of hydrogen-bond acceptors (Lipinski definition) is 12. The number of benzene rings is 5. The van der Waals surface area contributed by atoms with Gasteiger partial charge in [0.2, 0.25) is 0 Å². The monoisotopic (exact) mass is 1160 g/mol. The lowest BCUT2D eigenvalue weighted by Gasteiger charge is -2.38. The van der Waals surface area contributed by atoms with Gasteiger partial charge in [-0.05, 0) is 222 Å². The molecule has 0 spiro atoms. The van der Waals surface area contributed by atoms with Gasteiger partial charge in [-0.15, -0.1) is 0 Å². The third-order valence-electron chi connectivity index (χ3n) is 16.9. The minimum Gasteiger partial charge on any atom is -0.494 e. The fraction of sp³-hybridized carbons (Fsp3) is 0.493. The summed E-state index contributed by atoms with van der Waals surface area (Å²) in [4.78, 5) is 61.7. The van der Waals surface area contributed by atoms with Crippen molar-refractivity contribution in [3.63, 3.8) is 0 Å². The zero-order valence-corrected chi connectivity index (χ0v) is 50.5. The van der Waals surface area contributed by atoms with Crippen LogP contribution in [0.5, 0.6) is 23.0 Å². The second-order valence-electron chi connectivity index (χ2n) is 23.2. The molecule has 456 valence electrons. The molecule has 5 aromatic carbocycles. The second kappa shape index (κ2) is 37.3. The Balaban J connectivity index is 0.643. The third kappa shape index (κ3) is 23.6. The highest BCUT2D eigenvalue weighted by Crippen LogP contribution is 2.45. The minimum absolute atomic E-state index is 0.182. The molecule has 0 N–H and O–H groups in total. The van der Waals surface area contributed by atoms with Gasteiger partial charge in [0.15, 0.2) is 0 Å². The van der Waals surface area contributed by atoms with Gasteiger partial charge in [0.1, 0.15) is 23.0 Å². The van der Waals surface area contributed by atoms with Crippen molar-refractivity contribution in [3.8, 4) is 34.1 Å². The minimum atomic E-state index is -0.531. The highest BCUT2D eigenvalue weighted by atomic mass is 16.6. The van der Waals surface area contributed by atoms with Crippen molar-refractivity contribution in [2.75, 3.05) is 33.0 Å². The van der Waals surface area contributed by atoms with Crippen LogP contribution in [0.25, 0.3) is 11.1 Å². The van der Waals surface area contributed by atoms with Gasteiger partial charge in [0, 0.05) is 12.5 Å². The van der Waals surface area contributed by atoms with Crippen molar-refractivity contribution in [2.24, 2.45) is 17.8 Å². The predicted octanol–water partition coefficient (Wildman–Crippen LogP) is 17.8. The molecule has 5 aromatic rings. The molecule has 85 heavy (non-hydrogen) atoms. The van der Waals surface area contributed by atoms with E-state index >= 15 is 0 Å². The zero-order chi connectivity index (χ0) is 59.7. The molecule has 12 heteroatoms. The van der Waals surface area contributed by atoms with Crippen LogP contribution in [0.2, 0.25) is 0 Å². The molecule has 2 fully saturated rings. The summed E-state index contributed by atoms with van der Waals surface area (Å²) < 4.78 is 38.7. The smallest absolute Gasteiger partial charge is 0.343 e. The summed E-state index contributed by atoms with van der Waals surface area (Å²) in [5, 5.41) is 0. The van der Waals surface area contributed by atoms with E-state index in [0.717, 1.165) is 106 Å². The lowest BCUT2D eigenvalue weighted by molar-refractivity contribution is -0.144. The molecule has 0 aromatic heterocycles. The van der Waals surface area contributed by atoms with Gasteiger partial charge in [0.25, 0.3) is 0 Å². The zero-order valence-electron chi connectivity index (χ0n) is 50.5. The summed E-state index contributed by atoms with van der Waals surface area (Å²) in [5.41, 5.74) is 5.00. The molecule has 0 aliphatic heterocycles. The van der Waals surface area contributed by atoms with Crippen molar-refractivity contribution in [3.05, 3.63) is 156 Å². The number of esters is 5. The first-order valence-corrected chi connectivity index (χ1v) is 32.0. The maximum Gasteiger partial charge on any atom is 0.343 e.